The Hall–Kier alpha value is -3.06. The number of carbonyl (C=O) groups is 2. The molecule has 0 atom stereocenters. The molecular formula is C21H18FN3O2S. The average Bonchev–Trinajstić information content (AvgIpc) is 3.36. The third-order valence-corrected chi connectivity index (χ3v) is 5.61. The van der Waals surface area contributed by atoms with Gasteiger partial charge in [0, 0.05) is 30.8 Å². The Morgan fingerprint density at radius 3 is 2.86 bits per heavy atom. The number of carbonyl (C=O) groups excluding carboxylic acids is 2. The normalized spacial score (nSPS) is 13.8. The summed E-state index contributed by atoms with van der Waals surface area (Å²) >= 11 is 1.15. The van der Waals surface area contributed by atoms with Gasteiger partial charge in [-0.1, -0.05) is 24.3 Å². The van der Waals surface area contributed by atoms with E-state index in [-0.39, 0.29) is 17.6 Å². The molecule has 0 aliphatic carbocycles. The van der Waals surface area contributed by atoms with E-state index in [4.69, 9.17) is 0 Å². The van der Waals surface area contributed by atoms with Gasteiger partial charge in [0.2, 0.25) is 5.91 Å². The number of benzene rings is 2. The molecule has 3 aromatic rings. The Morgan fingerprint density at radius 2 is 2.07 bits per heavy atom. The molecule has 28 heavy (non-hydrogen) atoms. The van der Waals surface area contributed by atoms with Crippen LogP contribution in [0.25, 0.3) is 10.6 Å². The monoisotopic (exact) mass is 395 g/mol. The molecule has 1 aromatic heterocycles. The van der Waals surface area contributed by atoms with Crippen molar-refractivity contribution in [3.05, 3.63) is 71.0 Å². The summed E-state index contributed by atoms with van der Waals surface area (Å²) in [6, 6.07) is 14.0. The molecule has 1 N–H and O–H groups in total. The Bertz CT molecular complexity index is 1030. The summed E-state index contributed by atoms with van der Waals surface area (Å²) in [6.45, 7) is 1.07. The van der Waals surface area contributed by atoms with E-state index in [0.29, 0.717) is 28.4 Å². The minimum absolute atomic E-state index is 0.131. The lowest BCUT2D eigenvalue weighted by Gasteiger charge is -2.16. The van der Waals surface area contributed by atoms with Crippen molar-refractivity contribution in [2.45, 2.75) is 19.4 Å². The number of nitrogens with one attached hydrogen (secondary N) is 1. The summed E-state index contributed by atoms with van der Waals surface area (Å²) in [7, 11) is 0. The first-order valence-electron chi connectivity index (χ1n) is 9.00. The van der Waals surface area contributed by atoms with Gasteiger partial charge < -0.3 is 10.2 Å². The van der Waals surface area contributed by atoms with Crippen LogP contribution in [0.5, 0.6) is 0 Å². The zero-order valence-corrected chi connectivity index (χ0v) is 15.8. The molecule has 1 saturated heterocycles. The lowest BCUT2D eigenvalue weighted by Crippen LogP contribution is -2.24. The number of rotatable bonds is 5. The topological polar surface area (TPSA) is 62.3 Å². The first kappa shape index (κ1) is 18.3. The van der Waals surface area contributed by atoms with Crippen LogP contribution in [0.15, 0.2) is 54.7 Å². The number of halogens is 1. The third-order valence-electron chi connectivity index (χ3n) is 4.58. The van der Waals surface area contributed by atoms with Crippen LogP contribution >= 0.6 is 11.3 Å². The number of anilines is 1. The Morgan fingerprint density at radius 1 is 1.21 bits per heavy atom. The van der Waals surface area contributed by atoms with Gasteiger partial charge in [-0.25, -0.2) is 9.37 Å². The van der Waals surface area contributed by atoms with Crippen molar-refractivity contribution in [2.24, 2.45) is 0 Å². The molecule has 5 nitrogen and oxygen atoms in total. The number of nitrogens with zero attached hydrogens (tertiary/aromatic N) is 2. The predicted molar refractivity (Wildman–Crippen MR) is 107 cm³/mol. The Balaban J connectivity index is 1.43. The van der Waals surface area contributed by atoms with Crippen molar-refractivity contribution in [2.75, 3.05) is 11.4 Å². The van der Waals surface area contributed by atoms with E-state index in [1.807, 2.05) is 24.3 Å². The first-order chi connectivity index (χ1) is 13.6. The molecule has 0 bridgehead atoms. The molecule has 1 aliphatic rings. The second-order valence-electron chi connectivity index (χ2n) is 6.51. The fourth-order valence-electron chi connectivity index (χ4n) is 3.16. The van der Waals surface area contributed by atoms with Crippen molar-refractivity contribution in [3.8, 4) is 10.6 Å². The van der Waals surface area contributed by atoms with Gasteiger partial charge >= 0.3 is 0 Å². The van der Waals surface area contributed by atoms with Crippen LogP contribution in [-0.2, 0) is 11.3 Å². The van der Waals surface area contributed by atoms with E-state index < -0.39 is 0 Å². The molecule has 2 aromatic carbocycles. The molecule has 0 saturated carbocycles. The highest BCUT2D eigenvalue weighted by molar-refractivity contribution is 7.16. The number of hydrogen-bond acceptors (Lipinski definition) is 4. The van der Waals surface area contributed by atoms with E-state index in [9.17, 15) is 14.0 Å². The average molecular weight is 395 g/mol. The predicted octanol–water partition coefficient (Wildman–Crippen LogP) is 4.01. The Kier molecular flexibility index (Phi) is 5.16. The van der Waals surface area contributed by atoms with Crippen molar-refractivity contribution >= 4 is 28.8 Å². The molecule has 1 aliphatic heterocycles. The molecular weight excluding hydrogens is 377 g/mol. The lowest BCUT2D eigenvalue weighted by molar-refractivity contribution is -0.117. The fraction of sp³-hybridized carbons (Fsp3) is 0.190. The van der Waals surface area contributed by atoms with Gasteiger partial charge in [0.25, 0.3) is 5.91 Å². The van der Waals surface area contributed by atoms with Crippen LogP contribution < -0.4 is 10.2 Å². The van der Waals surface area contributed by atoms with Crippen LogP contribution in [0.3, 0.4) is 0 Å². The van der Waals surface area contributed by atoms with Gasteiger partial charge in [-0.3, -0.25) is 9.59 Å². The van der Waals surface area contributed by atoms with Gasteiger partial charge in [0.05, 0.1) is 6.20 Å². The van der Waals surface area contributed by atoms with Crippen LogP contribution in [-0.4, -0.2) is 23.3 Å². The quantitative estimate of drug-likeness (QED) is 0.710. The zero-order chi connectivity index (χ0) is 19.5. The van der Waals surface area contributed by atoms with Gasteiger partial charge in [-0.15, -0.1) is 11.3 Å². The van der Waals surface area contributed by atoms with E-state index in [1.165, 1.54) is 12.3 Å². The summed E-state index contributed by atoms with van der Waals surface area (Å²) in [4.78, 5) is 30.7. The minimum Gasteiger partial charge on any atom is -0.347 e. The summed E-state index contributed by atoms with van der Waals surface area (Å²) in [5.74, 6) is -0.494. The van der Waals surface area contributed by atoms with Gasteiger partial charge in [0.1, 0.15) is 15.7 Å². The maximum Gasteiger partial charge on any atom is 0.263 e. The second-order valence-corrected chi connectivity index (χ2v) is 7.54. The number of amides is 2. The summed E-state index contributed by atoms with van der Waals surface area (Å²) in [6.07, 6.45) is 2.91. The SMILES string of the molecule is O=C(NCc1cccc(N2CCCC2=O)c1)c1cnc(-c2ccccc2F)s1. The van der Waals surface area contributed by atoms with Crippen molar-refractivity contribution in [1.29, 1.82) is 0 Å². The van der Waals surface area contributed by atoms with E-state index in [0.717, 1.165) is 35.6 Å². The van der Waals surface area contributed by atoms with Gasteiger partial charge in [-0.05, 0) is 36.2 Å². The maximum absolute atomic E-state index is 13.9. The summed E-state index contributed by atoms with van der Waals surface area (Å²) in [5, 5.41) is 3.33. The largest absolute Gasteiger partial charge is 0.347 e. The Labute approximate surface area is 165 Å². The third kappa shape index (κ3) is 3.80. The summed E-state index contributed by atoms with van der Waals surface area (Å²) in [5.41, 5.74) is 2.15. The molecule has 4 rings (SSSR count). The van der Waals surface area contributed by atoms with Crippen molar-refractivity contribution < 1.29 is 14.0 Å². The molecule has 0 unspecified atom stereocenters. The smallest absolute Gasteiger partial charge is 0.263 e. The maximum atomic E-state index is 13.9. The number of hydrogen-bond donors (Lipinski definition) is 1. The molecule has 142 valence electrons. The van der Waals surface area contributed by atoms with Crippen molar-refractivity contribution in [1.82, 2.24) is 10.3 Å². The van der Waals surface area contributed by atoms with E-state index in [2.05, 4.69) is 10.3 Å². The van der Waals surface area contributed by atoms with Crippen LogP contribution in [0.1, 0.15) is 28.1 Å². The number of aromatic nitrogens is 1. The lowest BCUT2D eigenvalue weighted by atomic mass is 10.2. The van der Waals surface area contributed by atoms with Crippen LogP contribution in [0, 0.1) is 5.82 Å². The minimum atomic E-state index is -0.364. The molecule has 2 heterocycles. The highest BCUT2D eigenvalue weighted by Crippen LogP contribution is 2.27. The standard InChI is InChI=1S/C21H18FN3O2S/c22-17-8-2-1-7-16(17)21-24-13-18(28-21)20(27)23-12-14-5-3-6-15(11-14)25-10-4-9-19(25)26/h1-3,5-8,11,13H,4,9-10,12H2,(H,23,27). The molecule has 0 spiro atoms. The molecule has 1 fully saturated rings. The van der Waals surface area contributed by atoms with Crippen LogP contribution in [0.2, 0.25) is 0 Å². The first-order valence-corrected chi connectivity index (χ1v) is 9.82. The number of thiazole rings is 1. The summed E-state index contributed by atoms with van der Waals surface area (Å²) < 4.78 is 13.9. The molecule has 0 radical (unpaired) electrons. The van der Waals surface area contributed by atoms with E-state index in [1.54, 1.807) is 23.1 Å². The molecule has 7 heteroatoms. The fourth-order valence-corrected chi connectivity index (χ4v) is 4.02. The highest BCUT2D eigenvalue weighted by Gasteiger charge is 2.21. The zero-order valence-electron chi connectivity index (χ0n) is 15.0. The van der Waals surface area contributed by atoms with E-state index >= 15 is 0 Å². The van der Waals surface area contributed by atoms with Crippen molar-refractivity contribution in [3.63, 3.8) is 0 Å². The highest BCUT2D eigenvalue weighted by atomic mass is 32.1. The second kappa shape index (κ2) is 7.90. The van der Waals surface area contributed by atoms with Gasteiger partial charge in [-0.2, -0.15) is 0 Å². The molecule has 2 amide bonds. The van der Waals surface area contributed by atoms with Crippen LogP contribution in [0.4, 0.5) is 10.1 Å². The van der Waals surface area contributed by atoms with Gasteiger partial charge in [0.15, 0.2) is 0 Å².